The maximum absolute atomic E-state index is 12.1. The Morgan fingerprint density at radius 3 is 2.82 bits per heavy atom. The van der Waals surface area contributed by atoms with Crippen LogP contribution in [0.4, 0.5) is 0 Å². The van der Waals surface area contributed by atoms with Crippen LogP contribution in [0.25, 0.3) is 0 Å². The maximum atomic E-state index is 12.1. The first-order valence-electron chi connectivity index (χ1n) is 7.46. The number of aryl methyl sites for hydroxylation is 1. The zero-order chi connectivity index (χ0) is 16.0. The highest BCUT2D eigenvalue weighted by Gasteiger charge is 2.53. The lowest BCUT2D eigenvalue weighted by Gasteiger charge is -2.47. The van der Waals surface area contributed by atoms with Crippen LogP contribution >= 0.6 is 23.1 Å². The number of rotatable bonds is 5. The van der Waals surface area contributed by atoms with E-state index in [2.05, 4.69) is 4.98 Å². The van der Waals surface area contributed by atoms with Crippen molar-refractivity contribution in [2.75, 3.05) is 18.8 Å². The second kappa shape index (κ2) is 6.05. The highest BCUT2D eigenvalue weighted by Crippen LogP contribution is 2.47. The van der Waals surface area contributed by atoms with Crippen LogP contribution in [-0.2, 0) is 21.4 Å². The summed E-state index contributed by atoms with van der Waals surface area (Å²) in [7, 11) is -3.10. The minimum atomic E-state index is -3.10. The van der Waals surface area contributed by atoms with Crippen molar-refractivity contribution in [3.05, 3.63) is 16.1 Å². The smallest absolute Gasteiger partial charge is 0.216 e. The molecule has 0 amide bonds. The largest absolute Gasteiger partial charge is 0.371 e. The fourth-order valence-electron chi connectivity index (χ4n) is 2.88. The number of sulfonamides is 1. The van der Waals surface area contributed by atoms with Crippen molar-refractivity contribution < 1.29 is 13.2 Å². The molecule has 0 unspecified atom stereocenters. The van der Waals surface area contributed by atoms with Gasteiger partial charge >= 0.3 is 0 Å². The summed E-state index contributed by atoms with van der Waals surface area (Å²) in [6.45, 7) is 7.29. The van der Waals surface area contributed by atoms with E-state index in [0.29, 0.717) is 19.7 Å². The van der Waals surface area contributed by atoms with E-state index >= 15 is 0 Å². The highest BCUT2D eigenvalue weighted by atomic mass is 32.2. The molecule has 0 aromatic carbocycles. The topological polar surface area (TPSA) is 59.5 Å². The molecule has 5 nitrogen and oxygen atoms in total. The van der Waals surface area contributed by atoms with E-state index in [1.165, 1.54) is 0 Å². The fraction of sp³-hybridized carbons (Fsp3) is 0.786. The van der Waals surface area contributed by atoms with Gasteiger partial charge < -0.3 is 4.74 Å². The molecule has 2 aliphatic rings. The Balaban J connectivity index is 1.49. The van der Waals surface area contributed by atoms with E-state index < -0.39 is 10.0 Å². The van der Waals surface area contributed by atoms with Crippen molar-refractivity contribution in [1.29, 1.82) is 0 Å². The molecular formula is C14H22N2O3S3. The molecule has 2 fully saturated rings. The van der Waals surface area contributed by atoms with Gasteiger partial charge in [0.1, 0.15) is 0 Å². The number of thiazole rings is 1. The molecule has 2 saturated heterocycles. The molecule has 22 heavy (non-hydrogen) atoms. The third-order valence-corrected chi connectivity index (χ3v) is 8.76. The standard InChI is InChI=1S/C14H22N2O3S3/c1-10(2)22(17,18)16-8-14(9-16)4-13(7-21-14)19-5-12-6-20-11(3)15-12/h6,10,13H,4-5,7-9H2,1-3H3/t13-/m1/s1. The summed E-state index contributed by atoms with van der Waals surface area (Å²) in [4.78, 5) is 4.41. The van der Waals surface area contributed by atoms with Gasteiger partial charge in [-0.05, 0) is 27.2 Å². The molecule has 1 spiro atoms. The van der Waals surface area contributed by atoms with E-state index in [-0.39, 0.29) is 16.1 Å². The van der Waals surface area contributed by atoms with E-state index in [9.17, 15) is 8.42 Å². The van der Waals surface area contributed by atoms with Gasteiger partial charge in [-0.1, -0.05) is 0 Å². The van der Waals surface area contributed by atoms with Gasteiger partial charge in [0.15, 0.2) is 0 Å². The first kappa shape index (κ1) is 16.7. The molecule has 0 aliphatic carbocycles. The number of thioether (sulfide) groups is 1. The van der Waals surface area contributed by atoms with Crippen LogP contribution in [-0.4, -0.2) is 52.7 Å². The van der Waals surface area contributed by atoms with E-state index in [1.54, 1.807) is 29.5 Å². The monoisotopic (exact) mass is 362 g/mol. The van der Waals surface area contributed by atoms with Gasteiger partial charge in [0.25, 0.3) is 0 Å². The zero-order valence-corrected chi connectivity index (χ0v) is 15.6. The molecule has 8 heteroatoms. The van der Waals surface area contributed by atoms with Crippen molar-refractivity contribution in [2.45, 2.75) is 49.9 Å². The number of aromatic nitrogens is 1. The summed E-state index contributed by atoms with van der Waals surface area (Å²) < 4.78 is 31.9. The first-order chi connectivity index (χ1) is 10.3. The lowest BCUT2D eigenvalue weighted by molar-refractivity contribution is 0.0382. The summed E-state index contributed by atoms with van der Waals surface area (Å²) in [5.74, 6) is 0.943. The summed E-state index contributed by atoms with van der Waals surface area (Å²) in [6, 6.07) is 0. The maximum Gasteiger partial charge on any atom is 0.216 e. The highest BCUT2D eigenvalue weighted by molar-refractivity contribution is 8.01. The van der Waals surface area contributed by atoms with Crippen molar-refractivity contribution in [3.8, 4) is 0 Å². The van der Waals surface area contributed by atoms with Crippen LogP contribution < -0.4 is 0 Å². The average Bonchev–Trinajstić information content (AvgIpc) is 3.00. The van der Waals surface area contributed by atoms with Crippen molar-refractivity contribution >= 4 is 33.1 Å². The number of hydrogen-bond donors (Lipinski definition) is 0. The molecular weight excluding hydrogens is 340 g/mol. The van der Waals surface area contributed by atoms with Crippen molar-refractivity contribution in [3.63, 3.8) is 0 Å². The summed E-state index contributed by atoms with van der Waals surface area (Å²) >= 11 is 3.50. The Morgan fingerprint density at radius 1 is 1.50 bits per heavy atom. The SMILES string of the molecule is Cc1nc(CO[C@H]2CSC3(C2)CN(S(=O)(=O)C(C)C)C3)cs1. The molecule has 2 aliphatic heterocycles. The van der Waals surface area contributed by atoms with Gasteiger partial charge in [-0.3, -0.25) is 0 Å². The molecule has 0 bridgehead atoms. The van der Waals surface area contributed by atoms with E-state index in [0.717, 1.165) is 22.9 Å². The predicted octanol–water partition coefficient (Wildman–Crippen LogP) is 2.27. The molecule has 1 aromatic rings. The molecule has 3 heterocycles. The Hall–Kier alpha value is -0.150. The van der Waals surface area contributed by atoms with Crippen molar-refractivity contribution in [2.24, 2.45) is 0 Å². The van der Waals surface area contributed by atoms with Gasteiger partial charge in [-0.25, -0.2) is 13.4 Å². The first-order valence-corrected chi connectivity index (χ1v) is 10.8. The van der Waals surface area contributed by atoms with Gasteiger partial charge in [-0.15, -0.1) is 23.1 Å². The van der Waals surface area contributed by atoms with Crippen LogP contribution in [0.15, 0.2) is 5.38 Å². The third kappa shape index (κ3) is 3.21. The molecule has 124 valence electrons. The Morgan fingerprint density at radius 2 is 2.23 bits per heavy atom. The minimum Gasteiger partial charge on any atom is -0.371 e. The molecule has 0 N–H and O–H groups in total. The summed E-state index contributed by atoms with van der Waals surface area (Å²) in [5, 5.41) is 2.76. The van der Waals surface area contributed by atoms with Gasteiger partial charge in [-0.2, -0.15) is 4.31 Å². The number of nitrogens with zero attached hydrogens (tertiary/aromatic N) is 2. The number of hydrogen-bond acceptors (Lipinski definition) is 6. The molecule has 0 saturated carbocycles. The molecule has 3 rings (SSSR count). The summed E-state index contributed by atoms with van der Waals surface area (Å²) in [6.07, 6.45) is 1.14. The quantitative estimate of drug-likeness (QED) is 0.804. The minimum absolute atomic E-state index is 0.0740. The second-order valence-electron chi connectivity index (χ2n) is 6.35. The fourth-order valence-corrected chi connectivity index (χ4v) is 6.64. The Kier molecular flexibility index (Phi) is 4.59. The predicted molar refractivity (Wildman–Crippen MR) is 90.9 cm³/mol. The van der Waals surface area contributed by atoms with Crippen molar-refractivity contribution in [1.82, 2.24) is 9.29 Å². The zero-order valence-electron chi connectivity index (χ0n) is 13.1. The van der Waals surface area contributed by atoms with Crippen LogP contribution in [0.2, 0.25) is 0 Å². The van der Waals surface area contributed by atoms with Gasteiger partial charge in [0.05, 0.1) is 28.7 Å². The third-order valence-electron chi connectivity index (χ3n) is 4.19. The lowest BCUT2D eigenvalue weighted by Crippen LogP contribution is -2.61. The Labute approximate surface area is 140 Å². The second-order valence-corrected chi connectivity index (χ2v) is 11.4. The average molecular weight is 363 g/mol. The van der Waals surface area contributed by atoms with E-state index in [4.69, 9.17) is 4.74 Å². The van der Waals surface area contributed by atoms with Crippen LogP contribution in [0, 0.1) is 6.92 Å². The van der Waals surface area contributed by atoms with Crippen LogP contribution in [0.5, 0.6) is 0 Å². The molecule has 0 radical (unpaired) electrons. The Bertz CT molecular complexity index is 636. The molecule has 1 atom stereocenters. The molecule has 1 aromatic heterocycles. The number of ether oxygens (including phenoxy) is 1. The van der Waals surface area contributed by atoms with Gasteiger partial charge in [0.2, 0.25) is 10.0 Å². The normalized spacial score (nSPS) is 25.0. The van der Waals surface area contributed by atoms with E-state index in [1.807, 2.05) is 24.1 Å². The van der Waals surface area contributed by atoms with Crippen LogP contribution in [0.3, 0.4) is 0 Å². The summed E-state index contributed by atoms with van der Waals surface area (Å²) in [5.41, 5.74) is 0.992. The van der Waals surface area contributed by atoms with Crippen LogP contribution in [0.1, 0.15) is 31.0 Å². The van der Waals surface area contributed by atoms with Gasteiger partial charge in [0, 0.05) is 29.0 Å². The lowest BCUT2D eigenvalue weighted by atomic mass is 9.95.